The van der Waals surface area contributed by atoms with Gasteiger partial charge in [0, 0.05) is 5.56 Å². The zero-order chi connectivity index (χ0) is 26.7. The number of hydrogen-bond acceptors (Lipinski definition) is 4. The number of thiazole rings is 1. The quantitative estimate of drug-likeness (QED) is 0.225. The lowest BCUT2D eigenvalue weighted by Crippen LogP contribution is -2.09. The van der Waals surface area contributed by atoms with Gasteiger partial charge in [0.2, 0.25) is 4.96 Å². The Morgan fingerprint density at radius 3 is 2.15 bits per heavy atom. The molecule has 0 unspecified atom stereocenters. The Morgan fingerprint density at radius 1 is 0.718 bits per heavy atom. The van der Waals surface area contributed by atoms with Crippen LogP contribution in [0.3, 0.4) is 0 Å². The maximum atomic E-state index is 5.27. The van der Waals surface area contributed by atoms with E-state index in [2.05, 4.69) is 132 Å². The van der Waals surface area contributed by atoms with Gasteiger partial charge in [-0.15, -0.1) is 10.2 Å². The summed E-state index contributed by atoms with van der Waals surface area (Å²) in [5.41, 5.74) is 10.7. The van der Waals surface area contributed by atoms with Gasteiger partial charge in [0.05, 0.1) is 26.9 Å². The van der Waals surface area contributed by atoms with Crippen LogP contribution in [-0.2, 0) is 0 Å². The molecule has 3 heterocycles. The molecule has 0 saturated carbocycles. The highest BCUT2D eigenvalue weighted by Crippen LogP contribution is 2.42. The van der Waals surface area contributed by atoms with Crippen LogP contribution in [0.4, 0.5) is 0 Å². The number of rotatable bonds is 5. The minimum absolute atomic E-state index is 0.321. The average molecular weight is 528 g/mol. The summed E-state index contributed by atoms with van der Waals surface area (Å²) in [6.45, 7) is 9.16. The van der Waals surface area contributed by atoms with E-state index in [-0.39, 0.29) is 0 Å². The highest BCUT2D eigenvalue weighted by atomic mass is 32.1. The van der Waals surface area contributed by atoms with E-state index in [9.17, 15) is 0 Å². The molecule has 0 spiro atoms. The molecule has 3 aromatic heterocycles. The van der Waals surface area contributed by atoms with Crippen LogP contribution in [0, 0.1) is 0 Å². The first-order valence-electron chi connectivity index (χ1n) is 13.4. The SMILES string of the molecule is CC(C)c1cc(-c2ccccc2)cc(C(C)C)c1-n1c(-c2cccc3c2sc2nncn23)nc2ccccc21. The molecule has 0 amide bonds. The number of aromatic nitrogens is 5. The van der Waals surface area contributed by atoms with Gasteiger partial charge in [-0.2, -0.15) is 0 Å². The lowest BCUT2D eigenvalue weighted by molar-refractivity contribution is 0.812. The molecule has 0 saturated heterocycles. The van der Waals surface area contributed by atoms with Crippen LogP contribution < -0.4 is 0 Å². The van der Waals surface area contributed by atoms with E-state index in [1.54, 1.807) is 17.7 Å². The molecule has 5 nitrogen and oxygen atoms in total. The van der Waals surface area contributed by atoms with E-state index in [1.807, 2.05) is 0 Å². The van der Waals surface area contributed by atoms with Crippen LogP contribution in [0.1, 0.15) is 50.7 Å². The standard InChI is InChI=1S/C33H29N5S/c1-20(2)25-17-23(22-11-6-5-7-12-22)18-26(21(3)4)30(25)38-28-15-9-8-14-27(28)35-32(38)24-13-10-16-29-31(24)39-33-36-34-19-37(29)33/h5-21H,1-4H3. The Kier molecular flexibility index (Phi) is 5.60. The van der Waals surface area contributed by atoms with E-state index in [1.165, 1.54) is 27.9 Å². The van der Waals surface area contributed by atoms with Gasteiger partial charge in [-0.25, -0.2) is 4.98 Å². The van der Waals surface area contributed by atoms with E-state index in [4.69, 9.17) is 4.98 Å². The van der Waals surface area contributed by atoms with Crippen molar-refractivity contribution in [1.29, 1.82) is 0 Å². The van der Waals surface area contributed by atoms with Crippen LogP contribution in [0.25, 0.3) is 54.4 Å². The maximum absolute atomic E-state index is 5.27. The van der Waals surface area contributed by atoms with Gasteiger partial charge >= 0.3 is 0 Å². The zero-order valence-corrected chi connectivity index (χ0v) is 23.3. The fourth-order valence-corrected chi connectivity index (χ4v) is 6.65. The second kappa shape index (κ2) is 9.17. The molecule has 192 valence electrons. The van der Waals surface area contributed by atoms with Crippen LogP contribution in [0.15, 0.2) is 91.3 Å². The van der Waals surface area contributed by atoms with Crippen molar-refractivity contribution in [3.8, 4) is 28.2 Å². The third kappa shape index (κ3) is 3.78. The molecule has 0 aliphatic carbocycles. The monoisotopic (exact) mass is 527 g/mol. The van der Waals surface area contributed by atoms with Gasteiger partial charge in [0.25, 0.3) is 0 Å². The second-order valence-electron chi connectivity index (χ2n) is 10.7. The first-order valence-corrected chi connectivity index (χ1v) is 14.3. The largest absolute Gasteiger partial charge is 0.292 e. The van der Waals surface area contributed by atoms with E-state index in [0.29, 0.717) is 11.8 Å². The summed E-state index contributed by atoms with van der Waals surface area (Å²) in [5, 5.41) is 8.44. The van der Waals surface area contributed by atoms with Crippen molar-refractivity contribution >= 4 is 37.5 Å². The Morgan fingerprint density at radius 2 is 1.41 bits per heavy atom. The molecule has 0 aliphatic rings. The van der Waals surface area contributed by atoms with E-state index >= 15 is 0 Å². The van der Waals surface area contributed by atoms with Crippen LogP contribution in [0.5, 0.6) is 0 Å². The first-order chi connectivity index (χ1) is 19.0. The van der Waals surface area contributed by atoms with Gasteiger partial charge in [0.1, 0.15) is 12.2 Å². The Bertz CT molecular complexity index is 1950. The molecule has 0 bridgehead atoms. The van der Waals surface area contributed by atoms with Crippen LogP contribution in [-0.4, -0.2) is 24.1 Å². The van der Waals surface area contributed by atoms with Crippen molar-refractivity contribution < 1.29 is 0 Å². The second-order valence-corrected chi connectivity index (χ2v) is 11.7. The summed E-state index contributed by atoms with van der Waals surface area (Å²) in [6.07, 6.45) is 1.79. The summed E-state index contributed by atoms with van der Waals surface area (Å²) in [4.78, 5) is 6.16. The Labute approximate surface area is 231 Å². The number of benzene rings is 4. The summed E-state index contributed by atoms with van der Waals surface area (Å²) in [6, 6.07) is 30.4. The maximum Gasteiger partial charge on any atom is 0.217 e. The number of fused-ring (bicyclic) bond motifs is 4. The van der Waals surface area contributed by atoms with Crippen molar-refractivity contribution in [3.63, 3.8) is 0 Å². The highest BCUT2D eigenvalue weighted by molar-refractivity contribution is 7.24. The summed E-state index contributed by atoms with van der Waals surface area (Å²) in [5.74, 6) is 1.60. The topological polar surface area (TPSA) is 48.0 Å². The molecule has 7 aromatic rings. The van der Waals surface area contributed by atoms with E-state index in [0.717, 1.165) is 37.6 Å². The van der Waals surface area contributed by atoms with Crippen molar-refractivity contribution in [3.05, 3.63) is 102 Å². The fraction of sp³-hybridized carbons (Fsp3) is 0.182. The number of imidazole rings is 1. The number of para-hydroxylation sites is 2. The predicted molar refractivity (Wildman–Crippen MR) is 162 cm³/mol. The predicted octanol–water partition coefficient (Wildman–Crippen LogP) is 8.86. The third-order valence-corrected chi connectivity index (χ3v) is 8.60. The van der Waals surface area contributed by atoms with Crippen molar-refractivity contribution in [2.45, 2.75) is 39.5 Å². The first kappa shape index (κ1) is 23.8. The molecule has 0 atom stereocenters. The van der Waals surface area contributed by atoms with Crippen molar-refractivity contribution in [1.82, 2.24) is 24.1 Å². The lowest BCUT2D eigenvalue weighted by Gasteiger charge is -2.24. The van der Waals surface area contributed by atoms with Crippen molar-refractivity contribution in [2.75, 3.05) is 0 Å². The minimum atomic E-state index is 0.321. The Balaban J connectivity index is 1.59. The molecular weight excluding hydrogens is 498 g/mol. The van der Waals surface area contributed by atoms with Gasteiger partial charge in [0.15, 0.2) is 0 Å². The third-order valence-electron chi connectivity index (χ3n) is 7.51. The summed E-state index contributed by atoms with van der Waals surface area (Å²) >= 11 is 1.66. The Hall–Kier alpha value is -4.29. The summed E-state index contributed by atoms with van der Waals surface area (Å²) < 4.78 is 5.63. The van der Waals surface area contributed by atoms with Gasteiger partial charge in [-0.05, 0) is 70.5 Å². The highest BCUT2D eigenvalue weighted by Gasteiger charge is 2.25. The molecule has 0 radical (unpaired) electrons. The molecule has 0 fully saturated rings. The molecule has 0 N–H and O–H groups in total. The normalized spacial score (nSPS) is 12.1. The molecule has 7 rings (SSSR count). The number of hydrogen-bond donors (Lipinski definition) is 0. The van der Waals surface area contributed by atoms with Gasteiger partial charge in [-0.3, -0.25) is 8.97 Å². The molecule has 4 aromatic carbocycles. The van der Waals surface area contributed by atoms with Crippen molar-refractivity contribution in [2.24, 2.45) is 0 Å². The molecule has 6 heteroatoms. The number of nitrogens with zero attached hydrogens (tertiary/aromatic N) is 5. The van der Waals surface area contributed by atoms with E-state index < -0.39 is 0 Å². The summed E-state index contributed by atoms with van der Waals surface area (Å²) in [7, 11) is 0. The fourth-order valence-electron chi connectivity index (χ4n) is 5.60. The van der Waals surface area contributed by atoms with Crippen LogP contribution >= 0.6 is 11.3 Å². The molecule has 0 aliphatic heterocycles. The van der Waals surface area contributed by atoms with Gasteiger partial charge in [-0.1, -0.05) is 87.6 Å². The lowest BCUT2D eigenvalue weighted by atomic mass is 9.88. The minimum Gasteiger partial charge on any atom is -0.292 e. The average Bonchev–Trinajstić information content (AvgIpc) is 3.66. The van der Waals surface area contributed by atoms with Crippen LogP contribution in [0.2, 0.25) is 0 Å². The zero-order valence-electron chi connectivity index (χ0n) is 22.5. The molecular formula is C33H29N5S. The molecule has 39 heavy (non-hydrogen) atoms. The smallest absolute Gasteiger partial charge is 0.217 e. The van der Waals surface area contributed by atoms with Gasteiger partial charge < -0.3 is 0 Å².